The highest BCUT2D eigenvalue weighted by Gasteiger charge is 2.08. The highest BCUT2D eigenvalue weighted by Crippen LogP contribution is 2.23. The second kappa shape index (κ2) is 8.29. The fourth-order valence-electron chi connectivity index (χ4n) is 1.68. The number of carbonyl (C=O) groups is 2. The van der Waals surface area contributed by atoms with Crippen molar-refractivity contribution < 1.29 is 14.3 Å². The Hall–Kier alpha value is -1.62. The molecule has 0 N–H and O–H groups in total. The summed E-state index contributed by atoms with van der Waals surface area (Å²) in [5, 5.41) is 0.832. The van der Waals surface area contributed by atoms with Crippen molar-refractivity contribution in [3.63, 3.8) is 0 Å². The summed E-state index contributed by atoms with van der Waals surface area (Å²) >= 11 is 15.0. The molecule has 0 spiro atoms. The molecule has 0 aliphatic carbocycles. The van der Waals surface area contributed by atoms with Gasteiger partial charge >= 0.3 is 5.97 Å². The van der Waals surface area contributed by atoms with E-state index >= 15 is 0 Å². The lowest BCUT2D eigenvalue weighted by atomic mass is 10.1. The lowest BCUT2D eigenvalue weighted by molar-refractivity contribution is -0.136. The van der Waals surface area contributed by atoms with Crippen LogP contribution in [0.5, 0.6) is 0 Å². The third-order valence-corrected chi connectivity index (χ3v) is 4.13. The van der Waals surface area contributed by atoms with E-state index in [9.17, 15) is 9.59 Å². The zero-order valence-electron chi connectivity index (χ0n) is 11.8. The van der Waals surface area contributed by atoms with Crippen LogP contribution in [0.2, 0.25) is 10.0 Å². The molecule has 0 heterocycles. The predicted molar refractivity (Wildman–Crippen MR) is 94.9 cm³/mol. The molecule has 2 aromatic carbocycles. The molecular formula is C17H11BrCl2O3. The van der Waals surface area contributed by atoms with E-state index in [2.05, 4.69) is 15.9 Å². The first-order valence-electron chi connectivity index (χ1n) is 6.54. The van der Waals surface area contributed by atoms with Crippen molar-refractivity contribution in [2.75, 3.05) is 6.61 Å². The molecule has 0 radical (unpaired) electrons. The summed E-state index contributed by atoms with van der Waals surface area (Å²) < 4.78 is 5.79. The van der Waals surface area contributed by atoms with Crippen LogP contribution in [0.1, 0.15) is 15.9 Å². The molecule has 0 saturated heterocycles. The number of carbonyl (C=O) groups excluding carboxylic acids is 2. The Morgan fingerprint density at radius 2 is 1.74 bits per heavy atom. The smallest absolute Gasteiger partial charge is 0.331 e. The van der Waals surface area contributed by atoms with Gasteiger partial charge in [0.05, 0.1) is 10.0 Å². The molecular weight excluding hydrogens is 403 g/mol. The van der Waals surface area contributed by atoms with Crippen LogP contribution in [0.3, 0.4) is 0 Å². The van der Waals surface area contributed by atoms with Crippen LogP contribution in [0.15, 0.2) is 53.0 Å². The van der Waals surface area contributed by atoms with Gasteiger partial charge in [-0.1, -0.05) is 57.3 Å². The molecule has 0 atom stereocenters. The quantitative estimate of drug-likeness (QED) is 0.384. The Kier molecular flexibility index (Phi) is 6.39. The Balaban J connectivity index is 1.89. The maximum absolute atomic E-state index is 11.9. The van der Waals surface area contributed by atoms with E-state index in [0.29, 0.717) is 21.2 Å². The minimum Gasteiger partial charge on any atom is -0.454 e. The molecule has 0 fully saturated rings. The Labute approximate surface area is 152 Å². The van der Waals surface area contributed by atoms with Crippen LogP contribution in [0.25, 0.3) is 6.08 Å². The molecule has 118 valence electrons. The third-order valence-electron chi connectivity index (χ3n) is 2.87. The topological polar surface area (TPSA) is 43.4 Å². The zero-order chi connectivity index (χ0) is 16.8. The van der Waals surface area contributed by atoms with Crippen molar-refractivity contribution in [1.29, 1.82) is 0 Å². The van der Waals surface area contributed by atoms with Gasteiger partial charge in [0.15, 0.2) is 12.4 Å². The first kappa shape index (κ1) is 17.7. The normalized spacial score (nSPS) is 10.7. The van der Waals surface area contributed by atoms with Gasteiger partial charge in [-0.05, 0) is 35.9 Å². The molecule has 0 aliphatic heterocycles. The first-order chi connectivity index (χ1) is 11.0. The molecule has 6 heteroatoms. The van der Waals surface area contributed by atoms with Crippen LogP contribution in [-0.4, -0.2) is 18.4 Å². The van der Waals surface area contributed by atoms with Gasteiger partial charge in [-0.3, -0.25) is 4.79 Å². The number of ether oxygens (including phenoxy) is 1. The molecule has 2 aromatic rings. The molecule has 23 heavy (non-hydrogen) atoms. The fraction of sp³-hybridized carbons (Fsp3) is 0.0588. The maximum Gasteiger partial charge on any atom is 0.331 e. The van der Waals surface area contributed by atoms with Crippen molar-refractivity contribution >= 4 is 57.0 Å². The van der Waals surface area contributed by atoms with Gasteiger partial charge in [0.2, 0.25) is 0 Å². The number of Topliss-reactive ketones (excluding diaryl/α,β-unsaturated/α-hetero) is 1. The largest absolute Gasteiger partial charge is 0.454 e. The van der Waals surface area contributed by atoms with E-state index in [1.165, 1.54) is 12.2 Å². The van der Waals surface area contributed by atoms with E-state index in [4.69, 9.17) is 27.9 Å². The Morgan fingerprint density at radius 3 is 2.39 bits per heavy atom. The van der Waals surface area contributed by atoms with Crippen LogP contribution in [-0.2, 0) is 9.53 Å². The lowest BCUT2D eigenvalue weighted by Gasteiger charge is -2.02. The number of halogens is 3. The Bertz CT molecular complexity index is 755. The highest BCUT2D eigenvalue weighted by molar-refractivity contribution is 9.10. The van der Waals surface area contributed by atoms with Gasteiger partial charge < -0.3 is 4.74 Å². The number of hydrogen-bond donors (Lipinski definition) is 0. The van der Waals surface area contributed by atoms with Crippen molar-refractivity contribution in [1.82, 2.24) is 0 Å². The van der Waals surface area contributed by atoms with Crippen LogP contribution in [0, 0.1) is 0 Å². The Morgan fingerprint density at radius 1 is 1.04 bits per heavy atom. The van der Waals surface area contributed by atoms with Crippen LogP contribution < -0.4 is 0 Å². The van der Waals surface area contributed by atoms with Gasteiger partial charge in [0.1, 0.15) is 0 Å². The van der Waals surface area contributed by atoms with Gasteiger partial charge in [-0.15, -0.1) is 0 Å². The maximum atomic E-state index is 11.9. The average Bonchev–Trinajstić information content (AvgIpc) is 2.54. The van der Waals surface area contributed by atoms with Crippen molar-refractivity contribution in [2.45, 2.75) is 0 Å². The second-order valence-electron chi connectivity index (χ2n) is 4.54. The molecule has 0 unspecified atom stereocenters. The van der Waals surface area contributed by atoms with Gasteiger partial charge in [-0.2, -0.15) is 0 Å². The zero-order valence-corrected chi connectivity index (χ0v) is 14.9. The summed E-state index contributed by atoms with van der Waals surface area (Å²) in [6.07, 6.45) is 2.77. The SMILES string of the molecule is O=C(C=Cc1ccc(Cl)c(Cl)c1)OCC(=O)c1ccc(Br)cc1. The summed E-state index contributed by atoms with van der Waals surface area (Å²) in [4.78, 5) is 23.5. The fourth-order valence-corrected chi connectivity index (χ4v) is 2.26. The molecule has 0 saturated carbocycles. The van der Waals surface area contributed by atoms with Gasteiger partial charge in [0.25, 0.3) is 0 Å². The summed E-state index contributed by atoms with van der Waals surface area (Å²) in [5.74, 6) is -0.879. The van der Waals surface area contributed by atoms with Gasteiger partial charge in [0, 0.05) is 16.1 Å². The lowest BCUT2D eigenvalue weighted by Crippen LogP contribution is -2.12. The minimum atomic E-state index is -0.610. The molecule has 0 aromatic heterocycles. The van der Waals surface area contributed by atoms with E-state index in [1.54, 1.807) is 42.5 Å². The third kappa shape index (κ3) is 5.50. The van der Waals surface area contributed by atoms with E-state index < -0.39 is 5.97 Å². The summed E-state index contributed by atoms with van der Waals surface area (Å²) in [6, 6.07) is 11.8. The van der Waals surface area contributed by atoms with E-state index in [1.807, 2.05) is 0 Å². The van der Waals surface area contributed by atoms with E-state index in [-0.39, 0.29) is 12.4 Å². The molecule has 0 bridgehead atoms. The molecule has 3 nitrogen and oxygen atoms in total. The average molecular weight is 414 g/mol. The highest BCUT2D eigenvalue weighted by atomic mass is 79.9. The van der Waals surface area contributed by atoms with Crippen molar-refractivity contribution in [3.8, 4) is 0 Å². The first-order valence-corrected chi connectivity index (χ1v) is 8.09. The summed E-state index contributed by atoms with van der Waals surface area (Å²) in [5.41, 5.74) is 1.19. The van der Waals surface area contributed by atoms with Gasteiger partial charge in [-0.25, -0.2) is 4.79 Å². The predicted octanol–water partition coefficient (Wildman–Crippen LogP) is 5.20. The van der Waals surface area contributed by atoms with Crippen molar-refractivity contribution in [2.24, 2.45) is 0 Å². The number of hydrogen-bond acceptors (Lipinski definition) is 3. The second-order valence-corrected chi connectivity index (χ2v) is 6.27. The van der Waals surface area contributed by atoms with Crippen molar-refractivity contribution in [3.05, 3.63) is 74.2 Å². The van der Waals surface area contributed by atoms with E-state index in [0.717, 1.165) is 4.47 Å². The number of rotatable bonds is 5. The molecule has 0 aliphatic rings. The number of benzene rings is 2. The van der Waals surface area contributed by atoms with Crippen LogP contribution >= 0.6 is 39.1 Å². The number of ketones is 1. The standard InChI is InChI=1S/C17H11BrCl2O3/c18-13-5-3-12(4-6-13)16(21)10-23-17(22)8-2-11-1-7-14(19)15(20)9-11/h1-9H,10H2. The monoisotopic (exact) mass is 412 g/mol. The van der Waals surface area contributed by atoms with Crippen LogP contribution in [0.4, 0.5) is 0 Å². The summed E-state index contributed by atoms with van der Waals surface area (Å²) in [6.45, 7) is -0.313. The number of esters is 1. The minimum absolute atomic E-state index is 0.270. The molecule has 0 amide bonds. The summed E-state index contributed by atoms with van der Waals surface area (Å²) in [7, 11) is 0. The molecule has 2 rings (SSSR count).